The van der Waals surface area contributed by atoms with Crippen molar-refractivity contribution in [1.82, 2.24) is 0 Å². The van der Waals surface area contributed by atoms with Gasteiger partial charge in [0.2, 0.25) is 12.3 Å². The SMILES string of the molecule is COCCOC(CCOP(=O)(O)OCC(OC(F)(F)C(F)(F)C(F)(F)F)C(F)(F)F)(CCOP(=O)(O)OCC(F)(OCC(F)C(F)(F)F)C(F)(F)F)COP(=O)(O)OCC(F)(OCC(F)C(F)(F)F)C(F)(F)F. The maximum absolute atomic E-state index is 14.7. The molecule has 0 fully saturated rings. The van der Waals surface area contributed by atoms with E-state index in [1.807, 2.05) is 0 Å². The summed E-state index contributed by atoms with van der Waals surface area (Å²) in [6.07, 6.45) is -62.5. The van der Waals surface area contributed by atoms with E-state index in [0.29, 0.717) is 0 Å². The molecule has 46 heteroatoms. The lowest BCUT2D eigenvalue weighted by molar-refractivity contribution is -0.446. The van der Waals surface area contributed by atoms with Crippen molar-refractivity contribution in [3.8, 4) is 0 Å². The molecule has 9 atom stereocenters. The van der Waals surface area contributed by atoms with Gasteiger partial charge < -0.3 is 33.6 Å². The number of alkyl halides is 26. The molecular formula is C27H33F26O17P3. The van der Waals surface area contributed by atoms with Gasteiger partial charge in [-0.15, -0.1) is 0 Å². The zero-order valence-electron chi connectivity index (χ0n) is 34.9. The predicted molar refractivity (Wildman–Crippen MR) is 175 cm³/mol. The van der Waals surface area contributed by atoms with E-state index < -0.39 is 187 Å². The van der Waals surface area contributed by atoms with Gasteiger partial charge in [0.25, 0.3) is 0 Å². The van der Waals surface area contributed by atoms with Crippen LogP contribution in [0.3, 0.4) is 0 Å². The van der Waals surface area contributed by atoms with Gasteiger partial charge in [0.1, 0.15) is 13.2 Å². The first-order valence-electron chi connectivity index (χ1n) is 17.9. The first-order valence-corrected chi connectivity index (χ1v) is 22.4. The van der Waals surface area contributed by atoms with Gasteiger partial charge in [-0.05, 0) is 0 Å². The molecule has 0 aliphatic carbocycles. The minimum atomic E-state index is -7.40. The standard InChI is InChI=1S/C27H33F26O17P3/c1-60-6-7-61-17(11-67-73(58,59)69-13-19(31,25(46,47)48)63-9-15(29)21(35,36)37,3-5-65-72(56,57)68-12-18(30,24(43,44)45)62-8-14(28)20(32,33)34)2-4-64-71(54,55)66-10-16(22(38,39)40)70-27(52,53)23(41,42)26(49,50)51/h14-16H,2-13H2,1H3,(H,54,55)(H,56,57)(H,58,59). The Bertz CT molecular complexity index is 1840. The normalized spacial score (nSPS) is 20.5. The van der Waals surface area contributed by atoms with Crippen LogP contribution in [-0.4, -0.2) is 173 Å². The van der Waals surface area contributed by atoms with E-state index in [0.717, 1.165) is 7.11 Å². The number of rotatable bonds is 33. The maximum atomic E-state index is 14.7. The van der Waals surface area contributed by atoms with Crippen LogP contribution in [0, 0.1) is 0 Å². The Labute approximate surface area is 388 Å². The fourth-order valence-corrected chi connectivity index (χ4v) is 6.16. The number of hydrogen-bond donors (Lipinski definition) is 3. The Hall–Kier alpha value is -1.69. The van der Waals surface area contributed by atoms with Crippen LogP contribution in [0.2, 0.25) is 0 Å². The highest BCUT2D eigenvalue weighted by atomic mass is 31.2. The van der Waals surface area contributed by atoms with Crippen LogP contribution in [0.25, 0.3) is 0 Å². The lowest BCUT2D eigenvalue weighted by atomic mass is 9.97. The summed E-state index contributed by atoms with van der Waals surface area (Å²) in [7, 11) is -18.4. The van der Waals surface area contributed by atoms with Crippen LogP contribution in [0.4, 0.5) is 114 Å². The minimum absolute atomic E-state index is 0.762. The summed E-state index contributed by atoms with van der Waals surface area (Å²) < 4.78 is 421. The van der Waals surface area contributed by atoms with Crippen molar-refractivity contribution >= 4 is 23.5 Å². The molecule has 0 aromatic rings. The van der Waals surface area contributed by atoms with Gasteiger partial charge in [0.05, 0.1) is 58.5 Å². The molecular weight excluding hydrogens is 1180 g/mol. The van der Waals surface area contributed by atoms with Crippen LogP contribution in [0.5, 0.6) is 0 Å². The zero-order chi connectivity index (χ0) is 58.0. The lowest BCUT2D eigenvalue weighted by Gasteiger charge is -2.35. The third-order valence-corrected chi connectivity index (χ3v) is 10.7. The van der Waals surface area contributed by atoms with E-state index in [4.69, 9.17) is 4.74 Å². The van der Waals surface area contributed by atoms with Gasteiger partial charge in [-0.25, -0.2) is 22.5 Å². The van der Waals surface area contributed by atoms with E-state index in [2.05, 4.69) is 46.1 Å². The van der Waals surface area contributed by atoms with Gasteiger partial charge in [-0.3, -0.25) is 31.9 Å². The molecule has 0 aromatic carbocycles. The molecule has 0 spiro atoms. The number of hydrogen-bond acceptors (Lipinski definition) is 14. The van der Waals surface area contributed by atoms with Gasteiger partial charge in [0, 0.05) is 20.0 Å². The second kappa shape index (κ2) is 25.8. The zero-order valence-corrected chi connectivity index (χ0v) is 37.6. The topological polar surface area (TPSA) is 213 Å². The molecule has 0 aliphatic rings. The maximum Gasteiger partial charge on any atom is 0.472 e. The van der Waals surface area contributed by atoms with Gasteiger partial charge in [0.15, 0.2) is 6.10 Å². The van der Waals surface area contributed by atoms with Gasteiger partial charge in [-0.1, -0.05) is 0 Å². The van der Waals surface area contributed by atoms with Crippen molar-refractivity contribution in [1.29, 1.82) is 0 Å². The quantitative estimate of drug-likeness (QED) is 0.0317. The molecule has 440 valence electrons. The average Bonchev–Trinajstić information content (AvgIpc) is 3.18. The number of phosphoric acid groups is 3. The molecule has 0 aromatic heterocycles. The number of methoxy groups -OCH3 is 1. The van der Waals surface area contributed by atoms with Crippen molar-refractivity contribution in [2.24, 2.45) is 0 Å². The van der Waals surface area contributed by atoms with Crippen LogP contribution >= 0.6 is 23.5 Å². The number of ether oxygens (including phenoxy) is 5. The lowest BCUT2D eigenvalue weighted by Crippen LogP contribution is -2.56. The Morgan fingerprint density at radius 2 is 0.781 bits per heavy atom. The third kappa shape index (κ3) is 23.4. The van der Waals surface area contributed by atoms with Crippen molar-refractivity contribution in [2.45, 2.75) is 97.7 Å². The molecule has 73 heavy (non-hydrogen) atoms. The fourth-order valence-electron chi connectivity index (χ4n) is 3.92. The van der Waals surface area contributed by atoms with E-state index in [1.165, 1.54) is 0 Å². The van der Waals surface area contributed by atoms with E-state index in [9.17, 15) is 143 Å². The van der Waals surface area contributed by atoms with Crippen molar-refractivity contribution in [3.05, 3.63) is 0 Å². The fraction of sp³-hybridized carbons (Fsp3) is 1.00. The van der Waals surface area contributed by atoms with Crippen molar-refractivity contribution in [3.63, 3.8) is 0 Å². The summed E-state index contributed by atoms with van der Waals surface area (Å²) in [4.78, 5) is 29.7. The molecule has 17 nitrogen and oxygen atoms in total. The summed E-state index contributed by atoms with van der Waals surface area (Å²) in [5.74, 6) is -18.6. The van der Waals surface area contributed by atoms with E-state index in [-0.39, 0.29) is 0 Å². The van der Waals surface area contributed by atoms with Crippen molar-refractivity contribution in [2.75, 3.05) is 73.2 Å². The summed E-state index contributed by atoms with van der Waals surface area (Å²) in [5, 5.41) is 0. The monoisotopic (exact) mass is 1220 g/mol. The average molecular weight is 1220 g/mol. The van der Waals surface area contributed by atoms with Crippen LogP contribution in [0.1, 0.15) is 12.8 Å². The highest BCUT2D eigenvalue weighted by Gasteiger charge is 2.76. The predicted octanol–water partition coefficient (Wildman–Crippen LogP) is 9.60. The van der Waals surface area contributed by atoms with Gasteiger partial charge >= 0.3 is 84.3 Å². The molecule has 0 aliphatic heterocycles. The Balaban J connectivity index is 6.88. The van der Waals surface area contributed by atoms with E-state index in [1.54, 1.807) is 0 Å². The first-order chi connectivity index (χ1) is 32.2. The molecule has 0 rings (SSSR count). The van der Waals surface area contributed by atoms with E-state index >= 15 is 0 Å². The number of phosphoric ester groups is 3. The third-order valence-electron chi connectivity index (χ3n) is 7.88. The summed E-state index contributed by atoms with van der Waals surface area (Å²) in [6, 6.07) is 0. The first kappa shape index (κ1) is 71.3. The molecule has 0 saturated carbocycles. The second-order valence-electron chi connectivity index (χ2n) is 13.5. The highest BCUT2D eigenvalue weighted by molar-refractivity contribution is 7.47. The van der Waals surface area contributed by atoms with Crippen LogP contribution in [-0.2, 0) is 64.5 Å². The molecule has 0 amide bonds. The molecule has 0 bridgehead atoms. The van der Waals surface area contributed by atoms with Crippen molar-refractivity contribution < 1.29 is 193 Å². The Morgan fingerprint density at radius 3 is 1.11 bits per heavy atom. The Kier molecular flexibility index (Phi) is 25.3. The van der Waals surface area contributed by atoms with Crippen LogP contribution < -0.4 is 0 Å². The smallest absolute Gasteiger partial charge is 0.382 e. The summed E-state index contributed by atoms with van der Waals surface area (Å²) >= 11 is 0. The minimum Gasteiger partial charge on any atom is -0.382 e. The molecule has 3 N–H and O–H groups in total. The molecule has 0 radical (unpaired) electrons. The molecule has 0 heterocycles. The van der Waals surface area contributed by atoms with Gasteiger partial charge in [-0.2, -0.15) is 105 Å². The summed E-state index contributed by atoms with van der Waals surface area (Å²) in [6.45, 7) is -22.1. The highest BCUT2D eigenvalue weighted by Crippen LogP contribution is 2.52. The summed E-state index contributed by atoms with van der Waals surface area (Å²) in [5.41, 5.74) is -3.04. The largest absolute Gasteiger partial charge is 0.472 e. The molecule has 0 saturated heterocycles. The second-order valence-corrected chi connectivity index (χ2v) is 17.9. The van der Waals surface area contributed by atoms with Crippen LogP contribution in [0.15, 0.2) is 0 Å². The Morgan fingerprint density at radius 1 is 0.425 bits per heavy atom. The number of halogens is 26. The molecule has 9 unspecified atom stereocenters.